The first-order valence-corrected chi connectivity index (χ1v) is 15.3. The highest BCUT2D eigenvalue weighted by molar-refractivity contribution is 7.99. The predicted molar refractivity (Wildman–Crippen MR) is 161 cm³/mol. The maximum atomic E-state index is 13.5. The van der Waals surface area contributed by atoms with Crippen molar-refractivity contribution >= 4 is 46.1 Å². The number of amides is 3. The highest BCUT2D eigenvalue weighted by Crippen LogP contribution is 2.42. The van der Waals surface area contributed by atoms with Gasteiger partial charge in [0.25, 0.3) is 5.91 Å². The van der Waals surface area contributed by atoms with Crippen molar-refractivity contribution in [2.45, 2.75) is 36.9 Å². The van der Waals surface area contributed by atoms with Crippen molar-refractivity contribution in [1.29, 1.82) is 0 Å². The molecular weight excluding hydrogens is 556 g/mol. The maximum absolute atomic E-state index is 13.5. The maximum Gasteiger partial charge on any atom is 0.412 e. The number of ether oxygens (including phenoxy) is 1. The third-order valence-corrected chi connectivity index (χ3v) is 8.97. The highest BCUT2D eigenvalue weighted by Gasteiger charge is 2.43. The molecule has 2 heterocycles. The lowest BCUT2D eigenvalue weighted by molar-refractivity contribution is -0.120. The number of rotatable bonds is 8. The van der Waals surface area contributed by atoms with E-state index in [0.717, 1.165) is 29.5 Å². The van der Waals surface area contributed by atoms with Crippen molar-refractivity contribution in [2.24, 2.45) is 0 Å². The normalized spacial score (nSPS) is 18.1. The SMILES string of the molecule is O=C(NC1CC1)c1ccc(-c2csc(NC(=O)[C@@H]3CSC(c4ccccc4)N3C(=O)OCc3ccccc3)n2)cc1. The number of nitrogens with zero attached hydrogens (tertiary/aromatic N) is 2. The van der Waals surface area contributed by atoms with Crippen LogP contribution in [0.2, 0.25) is 0 Å². The molecule has 3 amide bonds. The van der Waals surface area contributed by atoms with E-state index in [1.54, 1.807) is 12.1 Å². The number of hydrogen-bond acceptors (Lipinski definition) is 7. The van der Waals surface area contributed by atoms with Crippen LogP contribution in [0.25, 0.3) is 11.3 Å². The molecule has 1 saturated heterocycles. The van der Waals surface area contributed by atoms with Gasteiger partial charge in [-0.2, -0.15) is 0 Å². The van der Waals surface area contributed by atoms with Crippen molar-refractivity contribution in [3.63, 3.8) is 0 Å². The van der Waals surface area contributed by atoms with Crippen LogP contribution in [0.1, 0.15) is 39.7 Å². The lowest BCUT2D eigenvalue weighted by atomic mass is 10.1. The Morgan fingerprint density at radius 1 is 0.927 bits per heavy atom. The van der Waals surface area contributed by atoms with Crippen molar-refractivity contribution in [1.82, 2.24) is 15.2 Å². The molecule has 1 aliphatic carbocycles. The molecule has 2 fully saturated rings. The van der Waals surface area contributed by atoms with Gasteiger partial charge < -0.3 is 15.4 Å². The first-order valence-electron chi connectivity index (χ1n) is 13.4. The smallest absolute Gasteiger partial charge is 0.412 e. The Morgan fingerprint density at radius 2 is 1.63 bits per heavy atom. The standard InChI is InChI=1S/C31H28N4O4S2/c36-27(32-24-15-16-24)22-13-11-21(12-14-22)25-18-41-30(33-25)34-28(37)26-19-40-29(23-9-5-2-6-10-23)35(26)31(38)39-17-20-7-3-1-4-8-20/h1-14,18,24,26,29H,15-17,19H2,(H,32,36)(H,33,34,37)/t26-,29?/m0/s1. The minimum Gasteiger partial charge on any atom is -0.444 e. The van der Waals surface area contributed by atoms with Gasteiger partial charge >= 0.3 is 6.09 Å². The largest absolute Gasteiger partial charge is 0.444 e. The quantitative estimate of drug-likeness (QED) is 0.260. The molecule has 1 aliphatic heterocycles. The van der Waals surface area contributed by atoms with Gasteiger partial charge in [0.15, 0.2) is 5.13 Å². The number of thiazole rings is 1. The molecule has 2 N–H and O–H groups in total. The molecule has 4 aromatic rings. The Kier molecular flexibility index (Phi) is 8.02. The summed E-state index contributed by atoms with van der Waals surface area (Å²) in [5.74, 6) is 0.0370. The molecular formula is C31H28N4O4S2. The summed E-state index contributed by atoms with van der Waals surface area (Å²) >= 11 is 2.84. The molecule has 1 unspecified atom stereocenters. The Balaban J connectivity index is 1.14. The number of carbonyl (C=O) groups excluding carboxylic acids is 3. The summed E-state index contributed by atoms with van der Waals surface area (Å²) in [6, 6.07) is 25.9. The van der Waals surface area contributed by atoms with Crippen LogP contribution in [-0.4, -0.2) is 45.6 Å². The number of thioether (sulfide) groups is 1. The Morgan fingerprint density at radius 3 is 2.34 bits per heavy atom. The molecule has 8 nitrogen and oxygen atoms in total. The lowest BCUT2D eigenvalue weighted by Crippen LogP contribution is -2.45. The van der Waals surface area contributed by atoms with E-state index in [0.29, 0.717) is 28.2 Å². The predicted octanol–water partition coefficient (Wildman–Crippen LogP) is 6.09. The van der Waals surface area contributed by atoms with Crippen LogP contribution in [0.3, 0.4) is 0 Å². The number of nitrogens with one attached hydrogen (secondary N) is 2. The van der Waals surface area contributed by atoms with Gasteiger partial charge in [0.05, 0.1) is 5.69 Å². The second kappa shape index (κ2) is 12.2. The monoisotopic (exact) mass is 584 g/mol. The second-order valence-corrected chi connectivity index (χ2v) is 11.9. The summed E-state index contributed by atoms with van der Waals surface area (Å²) in [5, 5.41) is 7.83. The lowest BCUT2D eigenvalue weighted by Gasteiger charge is -2.28. The van der Waals surface area contributed by atoms with Gasteiger partial charge in [-0.05, 0) is 36.1 Å². The fourth-order valence-corrected chi connectivity index (χ4v) is 6.68. The zero-order valence-corrected chi connectivity index (χ0v) is 23.7. The van der Waals surface area contributed by atoms with E-state index in [1.807, 2.05) is 78.2 Å². The Bertz CT molecular complexity index is 1520. The van der Waals surface area contributed by atoms with Gasteiger partial charge in [0, 0.05) is 28.3 Å². The minimum atomic E-state index is -0.731. The van der Waals surface area contributed by atoms with Crippen molar-refractivity contribution < 1.29 is 19.1 Å². The Hall–Kier alpha value is -4.15. The van der Waals surface area contributed by atoms with Crippen LogP contribution in [0.15, 0.2) is 90.3 Å². The molecule has 0 spiro atoms. The summed E-state index contributed by atoms with van der Waals surface area (Å²) in [6.45, 7) is 0.119. The van der Waals surface area contributed by atoms with Gasteiger partial charge in [0.2, 0.25) is 5.91 Å². The third kappa shape index (κ3) is 6.44. The van der Waals surface area contributed by atoms with E-state index < -0.39 is 12.1 Å². The van der Waals surface area contributed by atoms with E-state index in [1.165, 1.54) is 28.0 Å². The van der Waals surface area contributed by atoms with Crippen LogP contribution in [0, 0.1) is 0 Å². The van der Waals surface area contributed by atoms with Crippen LogP contribution in [-0.2, 0) is 16.1 Å². The second-order valence-electron chi connectivity index (χ2n) is 9.91. The minimum absolute atomic E-state index is 0.0691. The average molecular weight is 585 g/mol. The van der Waals surface area contributed by atoms with Crippen molar-refractivity contribution in [2.75, 3.05) is 11.1 Å². The van der Waals surface area contributed by atoms with Gasteiger partial charge in [-0.25, -0.2) is 9.78 Å². The number of benzene rings is 3. The molecule has 208 valence electrons. The average Bonchev–Trinajstić information content (AvgIpc) is 3.51. The van der Waals surface area contributed by atoms with E-state index in [2.05, 4.69) is 15.6 Å². The molecule has 10 heteroatoms. The summed E-state index contributed by atoms with van der Waals surface area (Å²) in [6.07, 6.45) is 1.53. The topological polar surface area (TPSA) is 101 Å². The fourth-order valence-electron chi connectivity index (χ4n) is 4.54. The first kappa shape index (κ1) is 27.0. The molecule has 3 aromatic carbocycles. The van der Waals surface area contributed by atoms with Gasteiger partial charge in [-0.1, -0.05) is 72.8 Å². The van der Waals surface area contributed by atoms with Gasteiger partial charge in [0.1, 0.15) is 18.0 Å². The van der Waals surface area contributed by atoms with Gasteiger partial charge in [-0.15, -0.1) is 23.1 Å². The molecule has 2 atom stereocenters. The molecule has 6 rings (SSSR count). The van der Waals surface area contributed by atoms with Crippen LogP contribution in [0.4, 0.5) is 9.93 Å². The van der Waals surface area contributed by atoms with Crippen molar-refractivity contribution in [3.05, 3.63) is 107 Å². The highest BCUT2D eigenvalue weighted by atomic mass is 32.2. The molecule has 0 radical (unpaired) electrons. The van der Waals surface area contributed by atoms with E-state index in [9.17, 15) is 14.4 Å². The van der Waals surface area contributed by atoms with E-state index >= 15 is 0 Å². The summed E-state index contributed by atoms with van der Waals surface area (Å²) in [7, 11) is 0. The zero-order chi connectivity index (χ0) is 28.2. The summed E-state index contributed by atoms with van der Waals surface area (Å²) in [4.78, 5) is 45.3. The zero-order valence-electron chi connectivity index (χ0n) is 22.1. The van der Waals surface area contributed by atoms with E-state index in [4.69, 9.17) is 4.74 Å². The van der Waals surface area contributed by atoms with Crippen LogP contribution >= 0.6 is 23.1 Å². The first-order chi connectivity index (χ1) is 20.0. The Labute approximate surface area is 246 Å². The van der Waals surface area contributed by atoms with Crippen LogP contribution < -0.4 is 10.6 Å². The van der Waals surface area contributed by atoms with E-state index in [-0.39, 0.29) is 23.8 Å². The molecule has 41 heavy (non-hydrogen) atoms. The molecule has 0 bridgehead atoms. The molecule has 1 aromatic heterocycles. The number of carbonyl (C=O) groups is 3. The summed E-state index contributed by atoms with van der Waals surface area (Å²) in [5.41, 5.74) is 3.94. The third-order valence-electron chi connectivity index (χ3n) is 6.89. The number of hydrogen-bond donors (Lipinski definition) is 2. The molecule has 1 saturated carbocycles. The van der Waals surface area contributed by atoms with Crippen LogP contribution in [0.5, 0.6) is 0 Å². The number of aromatic nitrogens is 1. The number of anilines is 1. The summed E-state index contributed by atoms with van der Waals surface area (Å²) < 4.78 is 5.66. The molecule has 2 aliphatic rings. The van der Waals surface area contributed by atoms with Gasteiger partial charge in [-0.3, -0.25) is 14.5 Å². The van der Waals surface area contributed by atoms with Crippen molar-refractivity contribution in [3.8, 4) is 11.3 Å². The fraction of sp³-hybridized carbons (Fsp3) is 0.226.